The largest absolute Gasteiger partial charge is 0.279 e. The van der Waals surface area contributed by atoms with E-state index in [9.17, 15) is 9.59 Å². The van der Waals surface area contributed by atoms with Crippen LogP contribution in [0.2, 0.25) is 0 Å². The van der Waals surface area contributed by atoms with Gasteiger partial charge in [-0.05, 0) is 25.0 Å². The summed E-state index contributed by atoms with van der Waals surface area (Å²) < 4.78 is 0. The lowest BCUT2D eigenvalue weighted by atomic mass is 10.1. The van der Waals surface area contributed by atoms with Gasteiger partial charge in [0.25, 0.3) is 5.91 Å². The van der Waals surface area contributed by atoms with Crippen LogP contribution in [0, 0.1) is 0 Å². The van der Waals surface area contributed by atoms with Gasteiger partial charge in [-0.25, -0.2) is 0 Å². The van der Waals surface area contributed by atoms with E-state index in [0.717, 1.165) is 25.7 Å². The maximum Gasteiger partial charge on any atom is 0.260 e. The number of imide groups is 1. The van der Waals surface area contributed by atoms with Crippen molar-refractivity contribution in [3.05, 3.63) is 35.9 Å². The highest BCUT2D eigenvalue weighted by Crippen LogP contribution is 2.15. The molecule has 0 spiro atoms. The van der Waals surface area contributed by atoms with E-state index in [1.165, 1.54) is 24.2 Å². The Morgan fingerprint density at radius 3 is 2.15 bits per heavy atom. The van der Waals surface area contributed by atoms with E-state index in [4.69, 9.17) is 0 Å². The second-order valence-corrected chi connectivity index (χ2v) is 5.44. The number of carbonyl (C=O) groups excluding carboxylic acids is 2. The average molecular weight is 273 g/mol. The molecule has 1 saturated heterocycles. The van der Waals surface area contributed by atoms with Crippen molar-refractivity contribution in [1.82, 2.24) is 4.90 Å². The molecule has 0 aliphatic carbocycles. The highest BCUT2D eigenvalue weighted by molar-refractivity contribution is 6.04. The molecule has 3 nitrogen and oxygen atoms in total. The number of hydrogen-bond donors (Lipinski definition) is 0. The van der Waals surface area contributed by atoms with Gasteiger partial charge in [-0.2, -0.15) is 0 Å². The summed E-state index contributed by atoms with van der Waals surface area (Å²) in [5.74, 6) is -0.157. The van der Waals surface area contributed by atoms with E-state index in [2.05, 4.69) is 0 Å². The van der Waals surface area contributed by atoms with Crippen LogP contribution in [-0.4, -0.2) is 23.3 Å². The third-order valence-corrected chi connectivity index (χ3v) is 3.84. The Balaban J connectivity index is 2.07. The van der Waals surface area contributed by atoms with Crippen LogP contribution >= 0.6 is 0 Å². The van der Waals surface area contributed by atoms with Gasteiger partial charge < -0.3 is 0 Å². The Hall–Kier alpha value is -1.64. The van der Waals surface area contributed by atoms with Crippen molar-refractivity contribution in [3.63, 3.8) is 0 Å². The highest BCUT2D eigenvalue weighted by atomic mass is 16.2. The van der Waals surface area contributed by atoms with Gasteiger partial charge in [0.2, 0.25) is 5.91 Å². The summed E-state index contributed by atoms with van der Waals surface area (Å²) in [6.45, 7) is 0.562. The van der Waals surface area contributed by atoms with Crippen LogP contribution in [0.25, 0.3) is 0 Å². The second-order valence-electron chi connectivity index (χ2n) is 5.44. The number of carbonyl (C=O) groups is 2. The number of benzene rings is 1. The van der Waals surface area contributed by atoms with Gasteiger partial charge in [0.15, 0.2) is 0 Å². The van der Waals surface area contributed by atoms with Gasteiger partial charge >= 0.3 is 0 Å². The smallest absolute Gasteiger partial charge is 0.260 e. The maximum atomic E-state index is 12.5. The minimum absolute atomic E-state index is 0.0132. The first kappa shape index (κ1) is 14.8. The first-order valence-corrected chi connectivity index (χ1v) is 7.69. The fourth-order valence-electron chi connectivity index (χ4n) is 2.64. The third-order valence-electron chi connectivity index (χ3n) is 3.84. The van der Waals surface area contributed by atoms with Gasteiger partial charge in [0.05, 0.1) is 0 Å². The Morgan fingerprint density at radius 1 is 0.850 bits per heavy atom. The molecule has 1 aliphatic rings. The summed E-state index contributed by atoms with van der Waals surface area (Å²) in [6, 6.07) is 9.11. The Kier molecular flexibility index (Phi) is 5.78. The number of amides is 2. The van der Waals surface area contributed by atoms with Gasteiger partial charge in [-0.15, -0.1) is 0 Å². The van der Waals surface area contributed by atoms with Crippen molar-refractivity contribution < 1.29 is 9.59 Å². The fraction of sp³-hybridized carbons (Fsp3) is 0.529. The normalized spacial score (nSPS) is 18.4. The summed E-state index contributed by atoms with van der Waals surface area (Å²) in [5.41, 5.74) is 0.607. The highest BCUT2D eigenvalue weighted by Gasteiger charge is 2.22. The molecule has 0 bridgehead atoms. The zero-order chi connectivity index (χ0) is 14.2. The molecule has 0 aromatic heterocycles. The molecule has 1 heterocycles. The minimum atomic E-state index is -0.144. The van der Waals surface area contributed by atoms with Crippen molar-refractivity contribution in [2.45, 2.75) is 51.4 Å². The van der Waals surface area contributed by atoms with Crippen LogP contribution in [-0.2, 0) is 4.79 Å². The van der Waals surface area contributed by atoms with E-state index in [0.29, 0.717) is 18.5 Å². The second kappa shape index (κ2) is 7.83. The third kappa shape index (κ3) is 4.19. The Labute approximate surface area is 121 Å². The maximum absolute atomic E-state index is 12.5. The van der Waals surface area contributed by atoms with Crippen LogP contribution in [0.15, 0.2) is 30.3 Å². The summed E-state index contributed by atoms with van der Waals surface area (Å²) in [4.78, 5) is 26.2. The van der Waals surface area contributed by atoms with Crippen molar-refractivity contribution >= 4 is 11.8 Å². The average Bonchev–Trinajstić information content (AvgIpc) is 2.53. The van der Waals surface area contributed by atoms with E-state index in [-0.39, 0.29) is 11.8 Å². The molecule has 1 aromatic carbocycles. The molecule has 1 aromatic rings. The van der Waals surface area contributed by atoms with E-state index >= 15 is 0 Å². The molecule has 0 saturated carbocycles. The number of hydrogen-bond acceptors (Lipinski definition) is 2. The fourth-order valence-corrected chi connectivity index (χ4v) is 2.64. The van der Waals surface area contributed by atoms with Crippen molar-refractivity contribution in [2.75, 3.05) is 6.54 Å². The molecule has 0 N–H and O–H groups in total. The van der Waals surface area contributed by atoms with E-state index < -0.39 is 0 Å². The van der Waals surface area contributed by atoms with Crippen LogP contribution in [0.4, 0.5) is 0 Å². The molecule has 108 valence electrons. The van der Waals surface area contributed by atoms with E-state index in [1.807, 2.05) is 18.2 Å². The first-order valence-electron chi connectivity index (χ1n) is 7.69. The molecule has 2 amide bonds. The van der Waals surface area contributed by atoms with Gasteiger partial charge in [-0.1, -0.05) is 50.3 Å². The summed E-state index contributed by atoms with van der Waals surface area (Å²) in [6.07, 6.45) is 8.19. The quantitative estimate of drug-likeness (QED) is 0.730. The van der Waals surface area contributed by atoms with Crippen LogP contribution < -0.4 is 0 Å². The molecule has 2 rings (SSSR count). The summed E-state index contributed by atoms with van der Waals surface area (Å²) >= 11 is 0. The van der Waals surface area contributed by atoms with Crippen molar-refractivity contribution in [3.8, 4) is 0 Å². The number of rotatable bonds is 1. The summed E-state index contributed by atoms with van der Waals surface area (Å²) in [5, 5.41) is 0. The Morgan fingerprint density at radius 2 is 1.45 bits per heavy atom. The number of nitrogens with zero attached hydrogens (tertiary/aromatic N) is 1. The molecule has 1 aliphatic heterocycles. The lowest BCUT2D eigenvalue weighted by molar-refractivity contribution is -0.128. The van der Waals surface area contributed by atoms with Crippen LogP contribution in [0.5, 0.6) is 0 Å². The predicted molar refractivity (Wildman–Crippen MR) is 79.4 cm³/mol. The van der Waals surface area contributed by atoms with Crippen LogP contribution in [0.3, 0.4) is 0 Å². The molecule has 0 atom stereocenters. The molecule has 0 radical (unpaired) electrons. The summed E-state index contributed by atoms with van der Waals surface area (Å²) in [7, 11) is 0. The zero-order valence-corrected chi connectivity index (χ0v) is 12.0. The monoisotopic (exact) mass is 273 g/mol. The Bertz CT molecular complexity index is 442. The predicted octanol–water partition coefficient (Wildman–Crippen LogP) is 3.79. The SMILES string of the molecule is O=C1CCCCCCCCCN1C(=O)c1ccccc1. The van der Waals surface area contributed by atoms with E-state index in [1.54, 1.807) is 12.1 Å². The topological polar surface area (TPSA) is 37.4 Å². The van der Waals surface area contributed by atoms with Crippen molar-refractivity contribution in [1.29, 1.82) is 0 Å². The van der Waals surface area contributed by atoms with Crippen molar-refractivity contribution in [2.24, 2.45) is 0 Å². The molecule has 1 fully saturated rings. The molecule has 3 heteroatoms. The lowest BCUT2D eigenvalue weighted by Crippen LogP contribution is -2.37. The van der Waals surface area contributed by atoms with Gasteiger partial charge in [-0.3, -0.25) is 14.5 Å². The first-order chi connectivity index (χ1) is 9.79. The zero-order valence-electron chi connectivity index (χ0n) is 12.0. The molecular weight excluding hydrogens is 250 g/mol. The van der Waals surface area contributed by atoms with Gasteiger partial charge in [0.1, 0.15) is 0 Å². The lowest BCUT2D eigenvalue weighted by Gasteiger charge is -2.20. The standard InChI is InChI=1S/C17H23NO2/c19-16-13-9-4-2-1-3-5-10-14-18(16)17(20)15-11-7-6-8-12-15/h6-8,11-12H,1-5,9-10,13-14H2. The van der Waals surface area contributed by atoms with Crippen LogP contribution in [0.1, 0.15) is 61.7 Å². The minimum Gasteiger partial charge on any atom is -0.279 e. The molecular formula is C17H23NO2. The molecule has 0 unspecified atom stereocenters. The molecule has 20 heavy (non-hydrogen) atoms. The van der Waals surface area contributed by atoms with Gasteiger partial charge in [0, 0.05) is 18.5 Å².